The van der Waals surface area contributed by atoms with Crippen LogP contribution in [0.1, 0.15) is 38.5 Å². The molecule has 0 aromatic carbocycles. The maximum atomic E-state index is 4.93. The molecule has 0 N–H and O–H groups in total. The van der Waals surface area contributed by atoms with Crippen LogP contribution in [-0.4, -0.2) is 5.25 Å². The summed E-state index contributed by atoms with van der Waals surface area (Å²) in [6.45, 7) is 0. The summed E-state index contributed by atoms with van der Waals surface area (Å²) in [6, 6.07) is 0. The van der Waals surface area contributed by atoms with Crippen molar-refractivity contribution in [1.82, 2.24) is 0 Å². The van der Waals surface area contributed by atoms with Crippen LogP contribution in [0.2, 0.25) is 0 Å². The molecule has 0 saturated heterocycles. The second-order valence-corrected chi connectivity index (χ2v) is 9.33. The second-order valence-electron chi connectivity index (χ2n) is 8.67. The molecule has 0 aromatic heterocycles. The van der Waals surface area contributed by atoms with Crippen LogP contribution in [0.25, 0.3) is 0 Å². The maximum Gasteiger partial charge on any atom is 0.00507 e. The third kappa shape index (κ3) is 0.902. The highest BCUT2D eigenvalue weighted by atomic mass is 32.1. The predicted octanol–water partition coefficient (Wildman–Crippen LogP) is 3.87. The van der Waals surface area contributed by atoms with Gasteiger partial charge in [-0.15, -0.1) is 0 Å². The second kappa shape index (κ2) is 3.00. The molecule has 0 heterocycles. The fourth-order valence-corrected chi connectivity index (χ4v) is 9.35. The van der Waals surface area contributed by atoms with Crippen LogP contribution >= 0.6 is 12.6 Å². The number of thiol groups is 1. The summed E-state index contributed by atoms with van der Waals surface area (Å²) in [4.78, 5) is 0. The Bertz CT molecular complexity index is 418. The standard InChI is InChI=1S/C17H24S/c18-13-5-9-4-10(13)17-12-6-11(16(9)17)14-7-1-2-8(3-7)15(12)14/h7-18H,1-6H2. The van der Waals surface area contributed by atoms with Gasteiger partial charge in [0.15, 0.2) is 0 Å². The minimum absolute atomic E-state index is 0.785. The molecule has 6 aliphatic carbocycles. The highest BCUT2D eigenvalue weighted by Crippen LogP contribution is 2.76. The van der Waals surface area contributed by atoms with Crippen molar-refractivity contribution in [1.29, 1.82) is 0 Å². The highest BCUT2D eigenvalue weighted by molar-refractivity contribution is 7.81. The van der Waals surface area contributed by atoms with Gasteiger partial charge in [-0.2, -0.15) is 12.6 Å². The third-order valence-corrected chi connectivity index (χ3v) is 9.26. The van der Waals surface area contributed by atoms with E-state index in [1.807, 2.05) is 0 Å². The van der Waals surface area contributed by atoms with Crippen LogP contribution in [0, 0.1) is 59.2 Å². The Hall–Kier alpha value is 0.350. The molecule has 0 aliphatic heterocycles. The van der Waals surface area contributed by atoms with Crippen LogP contribution in [0.3, 0.4) is 0 Å². The summed E-state index contributed by atoms with van der Waals surface area (Å²) in [7, 11) is 0. The van der Waals surface area contributed by atoms with E-state index in [-0.39, 0.29) is 0 Å². The van der Waals surface area contributed by atoms with E-state index in [0.29, 0.717) is 0 Å². The maximum absolute atomic E-state index is 4.93. The minimum atomic E-state index is 0.785. The van der Waals surface area contributed by atoms with Gasteiger partial charge in [-0.1, -0.05) is 0 Å². The summed E-state index contributed by atoms with van der Waals surface area (Å²) in [5, 5.41) is 0.785. The van der Waals surface area contributed by atoms with Crippen LogP contribution in [0.5, 0.6) is 0 Å². The molecule has 11 atom stereocenters. The van der Waals surface area contributed by atoms with Crippen LogP contribution < -0.4 is 0 Å². The Morgan fingerprint density at radius 1 is 0.556 bits per heavy atom. The molecule has 6 bridgehead atoms. The summed E-state index contributed by atoms with van der Waals surface area (Å²) < 4.78 is 0. The van der Waals surface area contributed by atoms with Gasteiger partial charge in [0.1, 0.15) is 0 Å². The van der Waals surface area contributed by atoms with Crippen LogP contribution in [-0.2, 0) is 0 Å². The Morgan fingerprint density at radius 2 is 1.22 bits per heavy atom. The summed E-state index contributed by atoms with van der Waals surface area (Å²) >= 11 is 4.93. The van der Waals surface area contributed by atoms with Gasteiger partial charge in [0.05, 0.1) is 0 Å². The summed E-state index contributed by atoms with van der Waals surface area (Å²) in [5.41, 5.74) is 0. The van der Waals surface area contributed by atoms with E-state index < -0.39 is 0 Å². The molecule has 11 unspecified atom stereocenters. The average molecular weight is 260 g/mol. The van der Waals surface area contributed by atoms with E-state index >= 15 is 0 Å². The molecule has 0 aromatic rings. The molecule has 6 fully saturated rings. The molecule has 98 valence electrons. The van der Waals surface area contributed by atoms with E-state index in [4.69, 9.17) is 12.6 Å². The molecule has 6 rings (SSSR count). The zero-order valence-electron chi connectivity index (χ0n) is 11.0. The molecular formula is C17H24S. The third-order valence-electron chi connectivity index (χ3n) is 8.67. The van der Waals surface area contributed by atoms with Crippen molar-refractivity contribution in [3.63, 3.8) is 0 Å². The first kappa shape index (κ1) is 10.1. The van der Waals surface area contributed by atoms with Crippen molar-refractivity contribution in [3.8, 4) is 0 Å². The highest BCUT2D eigenvalue weighted by Gasteiger charge is 2.71. The van der Waals surface area contributed by atoms with Crippen LogP contribution in [0.4, 0.5) is 0 Å². The molecule has 0 radical (unpaired) electrons. The van der Waals surface area contributed by atoms with Crippen molar-refractivity contribution in [2.75, 3.05) is 0 Å². The van der Waals surface area contributed by atoms with Crippen LogP contribution in [0.15, 0.2) is 0 Å². The lowest BCUT2D eigenvalue weighted by atomic mass is 9.60. The lowest BCUT2D eigenvalue weighted by molar-refractivity contribution is 0.0282. The van der Waals surface area contributed by atoms with Gasteiger partial charge >= 0.3 is 0 Å². The average Bonchev–Trinajstić information content (AvgIpc) is 3.14. The zero-order chi connectivity index (χ0) is 11.6. The Morgan fingerprint density at radius 3 is 2.00 bits per heavy atom. The smallest absolute Gasteiger partial charge is 0.00507 e. The van der Waals surface area contributed by atoms with Gasteiger partial charge in [-0.25, -0.2) is 0 Å². The van der Waals surface area contributed by atoms with Crippen molar-refractivity contribution in [2.45, 2.75) is 43.8 Å². The first-order chi connectivity index (χ1) is 8.83. The largest absolute Gasteiger partial charge is 0.176 e. The van der Waals surface area contributed by atoms with Gasteiger partial charge in [-0.3, -0.25) is 0 Å². The first-order valence-corrected chi connectivity index (χ1v) is 9.02. The topological polar surface area (TPSA) is 0 Å². The Balaban J connectivity index is 1.45. The fraction of sp³-hybridized carbons (Fsp3) is 1.00. The molecular weight excluding hydrogens is 236 g/mol. The lowest BCUT2D eigenvalue weighted by Gasteiger charge is -2.46. The van der Waals surface area contributed by atoms with Gasteiger partial charge in [0.25, 0.3) is 0 Å². The van der Waals surface area contributed by atoms with E-state index in [0.717, 1.165) is 23.0 Å². The summed E-state index contributed by atoms with van der Waals surface area (Å²) in [6.07, 6.45) is 9.56. The quantitative estimate of drug-likeness (QED) is 0.496. The SMILES string of the molecule is SC1CC2CC1C1C3CC(C4C5CCC(C5)C34)C21. The molecule has 6 aliphatic rings. The monoisotopic (exact) mass is 260 g/mol. The van der Waals surface area contributed by atoms with E-state index in [2.05, 4.69) is 0 Å². The minimum Gasteiger partial charge on any atom is -0.176 e. The van der Waals surface area contributed by atoms with Gasteiger partial charge in [-0.05, 0) is 97.7 Å². The number of hydrogen-bond acceptors (Lipinski definition) is 1. The molecule has 0 nitrogen and oxygen atoms in total. The van der Waals surface area contributed by atoms with Crippen molar-refractivity contribution >= 4 is 12.6 Å². The first-order valence-electron chi connectivity index (χ1n) is 8.51. The van der Waals surface area contributed by atoms with E-state index in [1.165, 1.54) is 47.8 Å². The van der Waals surface area contributed by atoms with E-state index in [1.54, 1.807) is 32.1 Å². The number of hydrogen-bond donors (Lipinski definition) is 1. The van der Waals surface area contributed by atoms with Gasteiger partial charge in [0, 0.05) is 5.25 Å². The van der Waals surface area contributed by atoms with Crippen molar-refractivity contribution in [3.05, 3.63) is 0 Å². The lowest BCUT2D eigenvalue weighted by Crippen LogP contribution is -2.42. The van der Waals surface area contributed by atoms with E-state index in [9.17, 15) is 0 Å². The van der Waals surface area contributed by atoms with Crippen molar-refractivity contribution < 1.29 is 0 Å². The van der Waals surface area contributed by atoms with Gasteiger partial charge in [0.2, 0.25) is 0 Å². The Kier molecular flexibility index (Phi) is 1.69. The molecule has 18 heavy (non-hydrogen) atoms. The van der Waals surface area contributed by atoms with Gasteiger partial charge < -0.3 is 0 Å². The number of fused-ring (bicyclic) bond motifs is 16. The predicted molar refractivity (Wildman–Crippen MR) is 75.4 cm³/mol. The fourth-order valence-electron chi connectivity index (χ4n) is 8.76. The number of rotatable bonds is 0. The molecule has 6 saturated carbocycles. The molecule has 1 heteroatoms. The normalized spacial score (nSPS) is 74.2. The summed E-state index contributed by atoms with van der Waals surface area (Å²) in [5.74, 6) is 11.6. The molecule has 0 spiro atoms. The Labute approximate surface area is 116 Å². The molecule has 0 amide bonds. The van der Waals surface area contributed by atoms with Crippen molar-refractivity contribution in [2.24, 2.45) is 59.2 Å². The zero-order valence-corrected chi connectivity index (χ0v) is 11.9.